The van der Waals surface area contributed by atoms with Crippen LogP contribution < -0.4 is 5.32 Å². The normalized spacial score (nSPS) is 13.0. The van der Waals surface area contributed by atoms with E-state index in [0.717, 1.165) is 5.56 Å². The van der Waals surface area contributed by atoms with Gasteiger partial charge in [-0.2, -0.15) is 18.4 Å². The standard InChI is InChI=1S/C19H15F3N2OS/c1-13(15-5-3-2-4-6-15)24-18(25)16(12-23)11-14-7-9-17(10-8-14)26-19(20,21)22/h2-11,13H,1H3,(H,24,25)/b16-11+. The number of carbonyl (C=O) groups excluding carboxylic acids is 1. The number of nitriles is 1. The number of hydrogen-bond donors (Lipinski definition) is 1. The van der Waals surface area contributed by atoms with E-state index in [4.69, 9.17) is 0 Å². The number of rotatable bonds is 5. The number of benzene rings is 2. The molecule has 0 aliphatic heterocycles. The molecule has 0 aliphatic rings. The van der Waals surface area contributed by atoms with Crippen LogP contribution in [-0.4, -0.2) is 11.4 Å². The van der Waals surface area contributed by atoms with Crippen molar-refractivity contribution >= 4 is 23.7 Å². The summed E-state index contributed by atoms with van der Waals surface area (Å²) < 4.78 is 37.0. The van der Waals surface area contributed by atoms with Gasteiger partial charge in [0.1, 0.15) is 11.6 Å². The SMILES string of the molecule is CC(NC(=O)/C(C#N)=C/c1ccc(SC(F)(F)F)cc1)c1ccccc1. The number of halogens is 3. The van der Waals surface area contributed by atoms with Crippen molar-refractivity contribution in [3.63, 3.8) is 0 Å². The summed E-state index contributed by atoms with van der Waals surface area (Å²) in [5.41, 5.74) is -3.12. The average molecular weight is 376 g/mol. The van der Waals surface area contributed by atoms with Crippen molar-refractivity contribution in [2.45, 2.75) is 23.4 Å². The van der Waals surface area contributed by atoms with Crippen LogP contribution in [0.2, 0.25) is 0 Å². The molecule has 1 unspecified atom stereocenters. The zero-order chi connectivity index (χ0) is 19.2. The van der Waals surface area contributed by atoms with Gasteiger partial charge in [-0.15, -0.1) is 0 Å². The van der Waals surface area contributed by atoms with E-state index in [9.17, 15) is 23.2 Å². The summed E-state index contributed by atoms with van der Waals surface area (Å²) in [6, 6.07) is 16.3. The van der Waals surface area contributed by atoms with Gasteiger partial charge in [0.05, 0.1) is 6.04 Å². The maximum Gasteiger partial charge on any atom is 0.446 e. The lowest BCUT2D eigenvalue weighted by atomic mass is 10.1. The van der Waals surface area contributed by atoms with Crippen LogP contribution in [0.4, 0.5) is 13.2 Å². The Kier molecular flexibility index (Phi) is 6.47. The number of amides is 1. The monoisotopic (exact) mass is 376 g/mol. The fourth-order valence-electron chi connectivity index (χ4n) is 2.18. The summed E-state index contributed by atoms with van der Waals surface area (Å²) in [6.07, 6.45) is 1.34. The highest BCUT2D eigenvalue weighted by Crippen LogP contribution is 2.36. The van der Waals surface area contributed by atoms with E-state index in [1.807, 2.05) is 36.4 Å². The Balaban J connectivity index is 2.09. The van der Waals surface area contributed by atoms with Gasteiger partial charge in [-0.3, -0.25) is 4.79 Å². The number of nitrogens with one attached hydrogen (secondary N) is 1. The van der Waals surface area contributed by atoms with Crippen molar-refractivity contribution in [3.05, 3.63) is 71.3 Å². The Labute approximate surface area is 153 Å². The lowest BCUT2D eigenvalue weighted by Gasteiger charge is -2.13. The second-order valence-corrected chi connectivity index (χ2v) is 6.53. The van der Waals surface area contributed by atoms with Gasteiger partial charge < -0.3 is 5.32 Å². The average Bonchev–Trinajstić information content (AvgIpc) is 2.60. The maximum atomic E-state index is 12.3. The molecule has 1 N–H and O–H groups in total. The molecule has 2 rings (SSSR count). The summed E-state index contributed by atoms with van der Waals surface area (Å²) in [5.74, 6) is -0.544. The topological polar surface area (TPSA) is 52.9 Å². The number of alkyl halides is 3. The molecular weight excluding hydrogens is 361 g/mol. The van der Waals surface area contributed by atoms with Crippen LogP contribution in [0.5, 0.6) is 0 Å². The molecule has 0 bridgehead atoms. The molecule has 0 spiro atoms. The Morgan fingerprint density at radius 2 is 1.77 bits per heavy atom. The highest BCUT2D eigenvalue weighted by atomic mass is 32.2. The van der Waals surface area contributed by atoms with Gasteiger partial charge in [-0.25, -0.2) is 0 Å². The van der Waals surface area contributed by atoms with E-state index >= 15 is 0 Å². The van der Waals surface area contributed by atoms with E-state index in [-0.39, 0.29) is 28.3 Å². The van der Waals surface area contributed by atoms with Crippen LogP contribution in [0.3, 0.4) is 0 Å². The van der Waals surface area contributed by atoms with Crippen molar-refractivity contribution in [1.82, 2.24) is 5.32 Å². The predicted octanol–water partition coefficient (Wildman–Crippen LogP) is 5.08. The van der Waals surface area contributed by atoms with Crippen LogP contribution in [0.25, 0.3) is 6.08 Å². The first-order valence-electron chi connectivity index (χ1n) is 7.62. The zero-order valence-corrected chi connectivity index (χ0v) is 14.6. The molecule has 0 saturated carbocycles. The Hall–Kier alpha value is -2.72. The maximum absolute atomic E-state index is 12.3. The lowest BCUT2D eigenvalue weighted by molar-refractivity contribution is -0.117. The highest BCUT2D eigenvalue weighted by Gasteiger charge is 2.29. The summed E-state index contributed by atoms with van der Waals surface area (Å²) in [7, 11) is 0. The molecule has 3 nitrogen and oxygen atoms in total. The van der Waals surface area contributed by atoms with Crippen LogP contribution in [0.15, 0.2) is 65.1 Å². The van der Waals surface area contributed by atoms with E-state index in [0.29, 0.717) is 5.56 Å². The van der Waals surface area contributed by atoms with Crippen molar-refractivity contribution in [2.24, 2.45) is 0 Å². The molecule has 0 aromatic heterocycles. The smallest absolute Gasteiger partial charge is 0.345 e. The second kappa shape index (κ2) is 8.59. The zero-order valence-electron chi connectivity index (χ0n) is 13.7. The van der Waals surface area contributed by atoms with Gasteiger partial charge >= 0.3 is 5.51 Å². The number of hydrogen-bond acceptors (Lipinski definition) is 3. The van der Waals surface area contributed by atoms with Crippen LogP contribution in [0.1, 0.15) is 24.1 Å². The molecule has 2 aromatic rings. The molecule has 0 aliphatic carbocycles. The molecule has 0 radical (unpaired) electrons. The summed E-state index contributed by atoms with van der Waals surface area (Å²) in [5, 5.41) is 11.9. The summed E-state index contributed by atoms with van der Waals surface area (Å²) >= 11 is -0.219. The molecule has 1 amide bonds. The third kappa shape index (κ3) is 5.97. The summed E-state index contributed by atoms with van der Waals surface area (Å²) in [6.45, 7) is 1.80. The molecule has 0 fully saturated rings. The van der Waals surface area contributed by atoms with E-state index in [1.54, 1.807) is 6.92 Å². The molecule has 134 valence electrons. The fourth-order valence-corrected chi connectivity index (χ4v) is 2.72. The van der Waals surface area contributed by atoms with Crippen molar-refractivity contribution in [1.29, 1.82) is 5.26 Å². The molecule has 0 saturated heterocycles. The minimum Gasteiger partial charge on any atom is -0.345 e. The van der Waals surface area contributed by atoms with Crippen molar-refractivity contribution in [3.8, 4) is 6.07 Å². The van der Waals surface area contributed by atoms with E-state index in [2.05, 4.69) is 5.32 Å². The van der Waals surface area contributed by atoms with Gasteiger partial charge in [0.15, 0.2) is 0 Å². The van der Waals surface area contributed by atoms with Gasteiger partial charge in [-0.05, 0) is 48.0 Å². The van der Waals surface area contributed by atoms with Crippen LogP contribution >= 0.6 is 11.8 Å². The van der Waals surface area contributed by atoms with Crippen LogP contribution in [-0.2, 0) is 4.79 Å². The van der Waals surface area contributed by atoms with E-state index in [1.165, 1.54) is 30.3 Å². The number of nitrogens with zero attached hydrogens (tertiary/aromatic N) is 1. The molecule has 7 heteroatoms. The molecule has 1 atom stereocenters. The summed E-state index contributed by atoms with van der Waals surface area (Å²) in [4.78, 5) is 12.3. The fraction of sp³-hybridized carbons (Fsp3) is 0.158. The predicted molar refractivity (Wildman–Crippen MR) is 94.9 cm³/mol. The Morgan fingerprint density at radius 1 is 1.15 bits per heavy atom. The van der Waals surface area contributed by atoms with Gasteiger partial charge in [0, 0.05) is 4.90 Å². The number of carbonyl (C=O) groups is 1. The minimum absolute atomic E-state index is 0.0373. The first kappa shape index (κ1) is 19.6. The third-order valence-electron chi connectivity index (χ3n) is 3.44. The first-order valence-corrected chi connectivity index (χ1v) is 8.43. The van der Waals surface area contributed by atoms with Gasteiger partial charge in [-0.1, -0.05) is 42.5 Å². The van der Waals surface area contributed by atoms with Crippen molar-refractivity contribution in [2.75, 3.05) is 0 Å². The quantitative estimate of drug-likeness (QED) is 0.450. The molecule has 2 aromatic carbocycles. The Bertz CT molecular complexity index is 825. The third-order valence-corrected chi connectivity index (χ3v) is 4.18. The van der Waals surface area contributed by atoms with Crippen molar-refractivity contribution < 1.29 is 18.0 Å². The van der Waals surface area contributed by atoms with E-state index < -0.39 is 11.4 Å². The minimum atomic E-state index is -4.36. The largest absolute Gasteiger partial charge is 0.446 e. The number of thioether (sulfide) groups is 1. The molecule has 0 heterocycles. The second-order valence-electron chi connectivity index (χ2n) is 5.39. The van der Waals surface area contributed by atoms with Gasteiger partial charge in [0.2, 0.25) is 0 Å². The first-order chi connectivity index (χ1) is 12.3. The molecular formula is C19H15F3N2OS. The Morgan fingerprint density at radius 3 is 2.31 bits per heavy atom. The highest BCUT2D eigenvalue weighted by molar-refractivity contribution is 8.00. The van der Waals surface area contributed by atoms with Crippen LogP contribution in [0, 0.1) is 11.3 Å². The molecule has 26 heavy (non-hydrogen) atoms. The lowest BCUT2D eigenvalue weighted by Crippen LogP contribution is -2.27. The van der Waals surface area contributed by atoms with Gasteiger partial charge in [0.25, 0.3) is 5.91 Å².